The highest BCUT2D eigenvalue weighted by Gasteiger charge is 2.16. The number of nitrogens with one attached hydrogen (secondary N) is 2. The van der Waals surface area contributed by atoms with E-state index in [1.807, 2.05) is 58.2 Å². The molecule has 0 saturated heterocycles. The molecular weight excluding hydrogens is 408 g/mol. The third kappa shape index (κ3) is 6.78. The van der Waals surface area contributed by atoms with E-state index in [-0.39, 0.29) is 0 Å². The lowest BCUT2D eigenvalue weighted by atomic mass is 10.0. The molecule has 0 fully saturated rings. The monoisotopic (exact) mass is 438 g/mol. The molecule has 1 aromatic carbocycles. The Morgan fingerprint density at radius 2 is 2.03 bits per heavy atom. The normalized spacial score (nSPS) is 11.3. The molecule has 3 rings (SSSR count). The first-order chi connectivity index (χ1) is 15.2. The molecule has 2 aromatic heterocycles. The summed E-state index contributed by atoms with van der Waals surface area (Å²) in [5.41, 5.74) is 4.10. The summed E-state index contributed by atoms with van der Waals surface area (Å²) in [6, 6.07) is 7.87. The zero-order valence-electron chi connectivity index (χ0n) is 19.2. The van der Waals surface area contributed by atoms with Crippen LogP contribution in [0.15, 0.2) is 42.9 Å². The first-order valence-corrected chi connectivity index (χ1v) is 10.4. The second kappa shape index (κ2) is 10.2. The molecule has 0 aliphatic heterocycles. The molecule has 0 bridgehead atoms. The molecule has 9 heteroatoms. The third-order valence-electron chi connectivity index (χ3n) is 4.53. The predicted octanol–water partition coefficient (Wildman–Crippen LogP) is 4.06. The number of rotatable bonds is 8. The summed E-state index contributed by atoms with van der Waals surface area (Å²) in [6.07, 6.45) is 4.89. The van der Waals surface area contributed by atoms with E-state index >= 15 is 0 Å². The van der Waals surface area contributed by atoms with Gasteiger partial charge in [-0.2, -0.15) is 5.10 Å². The number of aromatic nitrogens is 4. The van der Waals surface area contributed by atoms with E-state index in [1.54, 1.807) is 24.2 Å². The minimum Gasteiger partial charge on any atom is -0.444 e. The summed E-state index contributed by atoms with van der Waals surface area (Å²) in [6.45, 7) is 9.18. The van der Waals surface area contributed by atoms with Gasteiger partial charge in [0.25, 0.3) is 0 Å². The van der Waals surface area contributed by atoms with Gasteiger partial charge in [-0.05, 0) is 51.0 Å². The van der Waals surface area contributed by atoms with E-state index in [1.165, 1.54) is 0 Å². The molecular formula is C23H30N6O3. The van der Waals surface area contributed by atoms with Crippen molar-refractivity contribution in [2.45, 2.75) is 46.4 Å². The number of alkyl carbamates (subject to hydrolysis) is 1. The fourth-order valence-electron chi connectivity index (χ4n) is 2.98. The zero-order chi connectivity index (χ0) is 23.1. The van der Waals surface area contributed by atoms with Gasteiger partial charge in [-0.25, -0.2) is 14.8 Å². The maximum Gasteiger partial charge on any atom is 0.407 e. The Morgan fingerprint density at radius 1 is 1.22 bits per heavy atom. The highest BCUT2D eigenvalue weighted by atomic mass is 16.6. The molecule has 0 radical (unpaired) electrons. The lowest BCUT2D eigenvalue weighted by Crippen LogP contribution is -2.32. The summed E-state index contributed by atoms with van der Waals surface area (Å²) in [5.74, 6) is 0.488. The number of amides is 1. The topological polar surface area (TPSA) is 103 Å². The molecule has 0 aliphatic carbocycles. The first kappa shape index (κ1) is 23.2. The maximum absolute atomic E-state index is 11.9. The van der Waals surface area contributed by atoms with Crippen LogP contribution in [0.2, 0.25) is 0 Å². The van der Waals surface area contributed by atoms with Crippen molar-refractivity contribution in [1.82, 2.24) is 25.1 Å². The number of anilines is 2. The van der Waals surface area contributed by atoms with Crippen LogP contribution in [0.25, 0.3) is 11.3 Å². The van der Waals surface area contributed by atoms with Crippen molar-refractivity contribution in [2.24, 2.45) is 0 Å². The van der Waals surface area contributed by atoms with Crippen molar-refractivity contribution < 1.29 is 14.3 Å². The van der Waals surface area contributed by atoms with Gasteiger partial charge in [-0.1, -0.05) is 12.1 Å². The number of carbonyl (C=O) groups excluding carboxylic acids is 1. The van der Waals surface area contributed by atoms with E-state index in [0.717, 1.165) is 28.1 Å². The number of methoxy groups -OCH3 is 1. The highest BCUT2D eigenvalue weighted by molar-refractivity contribution is 5.68. The average Bonchev–Trinajstić information content (AvgIpc) is 3.17. The molecule has 0 unspecified atom stereocenters. The predicted molar refractivity (Wildman–Crippen MR) is 123 cm³/mol. The zero-order valence-corrected chi connectivity index (χ0v) is 19.2. The van der Waals surface area contributed by atoms with Gasteiger partial charge in [0.1, 0.15) is 5.60 Å². The molecule has 2 N–H and O–H groups in total. The van der Waals surface area contributed by atoms with E-state index in [2.05, 4.69) is 25.7 Å². The molecule has 3 aromatic rings. The third-order valence-corrected chi connectivity index (χ3v) is 4.53. The number of benzene rings is 1. The van der Waals surface area contributed by atoms with Crippen LogP contribution in [0.1, 0.15) is 31.9 Å². The number of hydrogen-bond donors (Lipinski definition) is 2. The Labute approximate surface area is 188 Å². The minimum atomic E-state index is -0.523. The summed E-state index contributed by atoms with van der Waals surface area (Å²) < 4.78 is 12.2. The van der Waals surface area contributed by atoms with Crippen molar-refractivity contribution in [1.29, 1.82) is 0 Å². The summed E-state index contributed by atoms with van der Waals surface area (Å²) >= 11 is 0. The summed E-state index contributed by atoms with van der Waals surface area (Å²) in [7, 11) is 1.66. The van der Waals surface area contributed by atoms with Crippen molar-refractivity contribution in [3.05, 3.63) is 54.0 Å². The molecule has 0 aliphatic rings. The van der Waals surface area contributed by atoms with Crippen LogP contribution in [0.4, 0.5) is 16.4 Å². The van der Waals surface area contributed by atoms with E-state index in [4.69, 9.17) is 9.47 Å². The standard InChI is InChI=1S/C23H30N6O3/c1-16-12-17(6-7-18(16)13-25-22(30)32-23(2,3)4)20-8-9-24-21(28-20)27-19-14-26-29(15-19)10-11-31-5/h6-9,12,14-15H,10-11,13H2,1-5H3,(H,25,30)(H,24,27,28). The molecule has 1 amide bonds. The lowest BCUT2D eigenvalue weighted by molar-refractivity contribution is 0.0523. The first-order valence-electron chi connectivity index (χ1n) is 10.4. The van der Waals surface area contributed by atoms with Gasteiger partial charge in [0.15, 0.2) is 0 Å². The summed E-state index contributed by atoms with van der Waals surface area (Å²) in [5, 5.41) is 10.3. The lowest BCUT2D eigenvalue weighted by Gasteiger charge is -2.20. The smallest absolute Gasteiger partial charge is 0.407 e. The Morgan fingerprint density at radius 3 is 2.75 bits per heavy atom. The number of hydrogen-bond acceptors (Lipinski definition) is 7. The van der Waals surface area contributed by atoms with Crippen LogP contribution in [0, 0.1) is 6.92 Å². The summed E-state index contributed by atoms with van der Waals surface area (Å²) in [4.78, 5) is 20.8. The SMILES string of the molecule is COCCn1cc(Nc2nccc(-c3ccc(CNC(=O)OC(C)(C)C)c(C)c3)n2)cn1. The number of carbonyl (C=O) groups is 1. The fraction of sp³-hybridized carbons (Fsp3) is 0.391. The molecule has 170 valence electrons. The van der Waals surface area contributed by atoms with Crippen LogP contribution < -0.4 is 10.6 Å². The second-order valence-corrected chi connectivity index (χ2v) is 8.37. The number of ether oxygens (including phenoxy) is 2. The van der Waals surface area contributed by atoms with Gasteiger partial charge in [-0.3, -0.25) is 4.68 Å². The van der Waals surface area contributed by atoms with Crippen molar-refractivity contribution >= 4 is 17.7 Å². The van der Waals surface area contributed by atoms with Gasteiger partial charge >= 0.3 is 6.09 Å². The molecule has 0 spiro atoms. The van der Waals surface area contributed by atoms with Gasteiger partial charge in [0.2, 0.25) is 5.95 Å². The largest absolute Gasteiger partial charge is 0.444 e. The average molecular weight is 439 g/mol. The van der Waals surface area contributed by atoms with E-state index in [9.17, 15) is 4.79 Å². The Balaban J connectivity index is 1.66. The maximum atomic E-state index is 11.9. The van der Waals surface area contributed by atoms with Gasteiger partial charge in [-0.15, -0.1) is 0 Å². The molecule has 0 atom stereocenters. The van der Waals surface area contributed by atoms with Gasteiger partial charge in [0.05, 0.1) is 30.7 Å². The van der Waals surface area contributed by atoms with Crippen LogP contribution in [-0.2, 0) is 22.6 Å². The Hall–Kier alpha value is -3.46. The molecule has 0 saturated carbocycles. The van der Waals surface area contributed by atoms with Crippen LogP contribution >= 0.6 is 0 Å². The van der Waals surface area contributed by atoms with Gasteiger partial charge in [0, 0.05) is 31.6 Å². The molecule has 32 heavy (non-hydrogen) atoms. The van der Waals surface area contributed by atoms with Crippen molar-refractivity contribution in [3.63, 3.8) is 0 Å². The number of aryl methyl sites for hydroxylation is 1. The van der Waals surface area contributed by atoms with Crippen LogP contribution in [0.3, 0.4) is 0 Å². The van der Waals surface area contributed by atoms with E-state index < -0.39 is 11.7 Å². The quantitative estimate of drug-likeness (QED) is 0.546. The number of nitrogens with zero attached hydrogens (tertiary/aromatic N) is 4. The van der Waals surface area contributed by atoms with Crippen molar-refractivity contribution in [3.8, 4) is 11.3 Å². The van der Waals surface area contributed by atoms with E-state index in [0.29, 0.717) is 25.6 Å². The Kier molecular flexibility index (Phi) is 7.42. The molecule has 2 heterocycles. The fourth-order valence-corrected chi connectivity index (χ4v) is 2.98. The highest BCUT2D eigenvalue weighted by Crippen LogP contribution is 2.22. The van der Waals surface area contributed by atoms with Crippen LogP contribution in [-0.4, -0.2) is 45.2 Å². The van der Waals surface area contributed by atoms with Crippen molar-refractivity contribution in [2.75, 3.05) is 19.0 Å². The Bertz CT molecular complexity index is 1060. The molecule has 9 nitrogen and oxygen atoms in total. The minimum absolute atomic E-state index is 0.394. The second-order valence-electron chi connectivity index (χ2n) is 8.37. The van der Waals surface area contributed by atoms with Crippen LogP contribution in [0.5, 0.6) is 0 Å². The van der Waals surface area contributed by atoms with Gasteiger partial charge < -0.3 is 20.1 Å².